The Morgan fingerprint density at radius 1 is 1.23 bits per heavy atom. The Morgan fingerprint density at radius 3 is 2.81 bits per heavy atom. The molecule has 0 fully saturated rings. The van der Waals surface area contributed by atoms with Crippen molar-refractivity contribution in [3.63, 3.8) is 0 Å². The number of imidazole rings is 1. The second-order valence-electron chi connectivity index (χ2n) is 7.05. The predicted molar refractivity (Wildman–Crippen MR) is 102 cm³/mol. The maximum atomic E-state index is 12.7. The van der Waals surface area contributed by atoms with E-state index in [0.717, 1.165) is 47.7 Å². The summed E-state index contributed by atoms with van der Waals surface area (Å²) in [6, 6.07) is 13.5. The van der Waals surface area contributed by atoms with Crippen molar-refractivity contribution in [1.82, 2.24) is 9.38 Å². The molecule has 134 valence electrons. The van der Waals surface area contributed by atoms with Crippen LogP contribution in [0, 0.1) is 5.92 Å². The van der Waals surface area contributed by atoms with Crippen LogP contribution in [0.3, 0.4) is 0 Å². The molecule has 0 aliphatic heterocycles. The van der Waals surface area contributed by atoms with Gasteiger partial charge in [0, 0.05) is 29.9 Å². The molecule has 4 rings (SSSR count). The molecule has 0 saturated heterocycles. The van der Waals surface area contributed by atoms with Gasteiger partial charge in [0.1, 0.15) is 11.4 Å². The Morgan fingerprint density at radius 2 is 2.04 bits per heavy atom. The summed E-state index contributed by atoms with van der Waals surface area (Å²) >= 11 is 0. The average Bonchev–Trinajstić information content (AvgIpc) is 3.01. The SMILES string of the molecule is CC(C)Oc1ccc(NC(=O)C2CCc3nc4ccccn4c3C2)cc1. The molecule has 1 atom stereocenters. The molecule has 1 amide bonds. The first kappa shape index (κ1) is 16.6. The van der Waals surface area contributed by atoms with Crippen LogP contribution in [-0.2, 0) is 17.6 Å². The van der Waals surface area contributed by atoms with Crippen LogP contribution in [0.4, 0.5) is 5.69 Å². The number of hydrogen-bond acceptors (Lipinski definition) is 3. The molecule has 2 heterocycles. The van der Waals surface area contributed by atoms with E-state index in [2.05, 4.69) is 14.7 Å². The lowest BCUT2D eigenvalue weighted by atomic mass is 9.89. The van der Waals surface area contributed by atoms with Gasteiger partial charge in [0.15, 0.2) is 0 Å². The highest BCUT2D eigenvalue weighted by Crippen LogP contribution is 2.27. The molecule has 1 aliphatic rings. The van der Waals surface area contributed by atoms with E-state index < -0.39 is 0 Å². The summed E-state index contributed by atoms with van der Waals surface area (Å²) in [5, 5.41) is 3.04. The van der Waals surface area contributed by atoms with Gasteiger partial charge in [-0.1, -0.05) is 6.07 Å². The molecule has 1 aromatic carbocycles. The lowest BCUT2D eigenvalue weighted by Crippen LogP contribution is -2.28. The molecular weight excluding hydrogens is 326 g/mol. The molecule has 0 radical (unpaired) electrons. The third kappa shape index (κ3) is 3.29. The highest BCUT2D eigenvalue weighted by Gasteiger charge is 2.28. The topological polar surface area (TPSA) is 55.6 Å². The minimum atomic E-state index is -0.0332. The number of aromatic nitrogens is 2. The minimum Gasteiger partial charge on any atom is -0.491 e. The van der Waals surface area contributed by atoms with Crippen LogP contribution >= 0.6 is 0 Å². The molecular formula is C21H23N3O2. The van der Waals surface area contributed by atoms with E-state index in [-0.39, 0.29) is 17.9 Å². The molecule has 3 aromatic rings. The molecule has 0 spiro atoms. The van der Waals surface area contributed by atoms with E-state index in [4.69, 9.17) is 4.74 Å². The van der Waals surface area contributed by atoms with Crippen LogP contribution in [0.2, 0.25) is 0 Å². The molecule has 5 heteroatoms. The third-order valence-electron chi connectivity index (χ3n) is 4.75. The predicted octanol–water partition coefficient (Wildman–Crippen LogP) is 3.87. The fourth-order valence-electron chi connectivity index (χ4n) is 3.52. The number of ether oxygens (including phenoxy) is 1. The van der Waals surface area contributed by atoms with Crippen LogP contribution < -0.4 is 10.1 Å². The summed E-state index contributed by atoms with van der Waals surface area (Å²) < 4.78 is 7.74. The van der Waals surface area contributed by atoms with Gasteiger partial charge in [0.05, 0.1) is 11.8 Å². The van der Waals surface area contributed by atoms with E-state index in [0.29, 0.717) is 0 Å². The smallest absolute Gasteiger partial charge is 0.227 e. The van der Waals surface area contributed by atoms with Crippen molar-refractivity contribution in [1.29, 1.82) is 0 Å². The zero-order valence-electron chi connectivity index (χ0n) is 15.1. The Labute approximate surface area is 153 Å². The van der Waals surface area contributed by atoms with Gasteiger partial charge in [-0.3, -0.25) is 4.79 Å². The number of nitrogens with one attached hydrogen (secondary N) is 1. The van der Waals surface area contributed by atoms with Crippen molar-refractivity contribution in [2.75, 3.05) is 5.32 Å². The van der Waals surface area contributed by atoms with E-state index >= 15 is 0 Å². The number of aryl methyl sites for hydroxylation is 1. The van der Waals surface area contributed by atoms with Crippen LogP contribution in [0.15, 0.2) is 48.7 Å². The standard InChI is InChI=1S/C21H23N3O2/c1-14(2)26-17-9-7-16(8-10-17)22-21(25)15-6-11-18-19(13-15)24-12-4-3-5-20(24)23-18/h3-5,7-10,12,14-15H,6,11,13H2,1-2H3,(H,22,25). The number of nitrogens with zero attached hydrogens (tertiary/aromatic N) is 2. The number of rotatable bonds is 4. The molecule has 1 unspecified atom stereocenters. The van der Waals surface area contributed by atoms with Crippen LogP contribution in [0.5, 0.6) is 5.75 Å². The van der Waals surface area contributed by atoms with Crippen molar-refractivity contribution in [3.8, 4) is 5.75 Å². The largest absolute Gasteiger partial charge is 0.491 e. The monoisotopic (exact) mass is 349 g/mol. The quantitative estimate of drug-likeness (QED) is 0.778. The van der Waals surface area contributed by atoms with Gasteiger partial charge in [-0.15, -0.1) is 0 Å². The van der Waals surface area contributed by atoms with Crippen LogP contribution in [-0.4, -0.2) is 21.4 Å². The van der Waals surface area contributed by atoms with E-state index in [1.165, 1.54) is 0 Å². The van der Waals surface area contributed by atoms with E-state index in [9.17, 15) is 4.79 Å². The number of amides is 1. The first-order valence-corrected chi connectivity index (χ1v) is 9.12. The van der Waals surface area contributed by atoms with Gasteiger partial charge >= 0.3 is 0 Å². The van der Waals surface area contributed by atoms with Crippen molar-refractivity contribution in [2.24, 2.45) is 5.92 Å². The van der Waals surface area contributed by atoms with Crippen molar-refractivity contribution < 1.29 is 9.53 Å². The first-order valence-electron chi connectivity index (χ1n) is 9.12. The van der Waals surface area contributed by atoms with Gasteiger partial charge in [-0.25, -0.2) is 4.98 Å². The Hall–Kier alpha value is -2.82. The molecule has 2 aromatic heterocycles. The van der Waals surface area contributed by atoms with Crippen molar-refractivity contribution in [3.05, 3.63) is 60.0 Å². The zero-order chi connectivity index (χ0) is 18.1. The molecule has 1 aliphatic carbocycles. The molecule has 5 nitrogen and oxygen atoms in total. The number of carbonyl (C=O) groups excluding carboxylic acids is 1. The highest BCUT2D eigenvalue weighted by atomic mass is 16.5. The van der Waals surface area contributed by atoms with Crippen LogP contribution in [0.25, 0.3) is 5.65 Å². The van der Waals surface area contributed by atoms with Gasteiger partial charge < -0.3 is 14.5 Å². The van der Waals surface area contributed by atoms with Gasteiger partial charge in [0.2, 0.25) is 5.91 Å². The van der Waals surface area contributed by atoms with Crippen molar-refractivity contribution >= 4 is 17.2 Å². The number of pyridine rings is 1. The molecule has 0 saturated carbocycles. The normalized spacial score (nSPS) is 16.5. The van der Waals surface area contributed by atoms with Crippen LogP contribution in [0.1, 0.15) is 31.7 Å². The van der Waals surface area contributed by atoms with E-state index in [1.807, 2.05) is 62.5 Å². The fourth-order valence-corrected chi connectivity index (χ4v) is 3.52. The Balaban J connectivity index is 1.46. The maximum Gasteiger partial charge on any atom is 0.227 e. The fraction of sp³-hybridized carbons (Fsp3) is 0.333. The van der Waals surface area contributed by atoms with Gasteiger partial charge in [0.25, 0.3) is 0 Å². The summed E-state index contributed by atoms with van der Waals surface area (Å²) in [6.07, 6.45) is 4.56. The van der Waals surface area contributed by atoms with Crippen molar-refractivity contribution in [2.45, 2.75) is 39.2 Å². The Kier molecular flexibility index (Phi) is 4.37. The average molecular weight is 349 g/mol. The second-order valence-corrected chi connectivity index (χ2v) is 7.05. The summed E-state index contributed by atoms with van der Waals surface area (Å²) in [5.41, 5.74) is 4.04. The number of fused-ring (bicyclic) bond motifs is 3. The van der Waals surface area contributed by atoms with E-state index in [1.54, 1.807) is 0 Å². The number of carbonyl (C=O) groups is 1. The number of benzene rings is 1. The number of hydrogen-bond donors (Lipinski definition) is 1. The summed E-state index contributed by atoms with van der Waals surface area (Å²) in [7, 11) is 0. The van der Waals surface area contributed by atoms with Gasteiger partial charge in [-0.05, 0) is 63.1 Å². The summed E-state index contributed by atoms with van der Waals surface area (Å²) in [6.45, 7) is 3.99. The van der Waals surface area contributed by atoms with Gasteiger partial charge in [-0.2, -0.15) is 0 Å². The summed E-state index contributed by atoms with van der Waals surface area (Å²) in [4.78, 5) is 17.4. The second kappa shape index (κ2) is 6.83. The Bertz CT molecular complexity index is 928. The minimum absolute atomic E-state index is 0.0332. The molecule has 1 N–H and O–H groups in total. The maximum absolute atomic E-state index is 12.7. The zero-order valence-corrected chi connectivity index (χ0v) is 15.1. The first-order chi connectivity index (χ1) is 12.6. The third-order valence-corrected chi connectivity index (χ3v) is 4.75. The lowest BCUT2D eigenvalue weighted by molar-refractivity contribution is -0.120. The molecule has 26 heavy (non-hydrogen) atoms. The lowest BCUT2D eigenvalue weighted by Gasteiger charge is -2.21. The molecule has 0 bridgehead atoms. The summed E-state index contributed by atoms with van der Waals surface area (Å²) in [5.74, 6) is 0.847. The highest BCUT2D eigenvalue weighted by molar-refractivity contribution is 5.92. The number of anilines is 1.